The summed E-state index contributed by atoms with van der Waals surface area (Å²) >= 11 is 0. The van der Waals surface area contributed by atoms with Gasteiger partial charge in [-0.15, -0.1) is 6.58 Å². The smallest absolute Gasteiger partial charge is 0.337 e. The summed E-state index contributed by atoms with van der Waals surface area (Å²) in [6.07, 6.45) is 1.52. The molecule has 0 aliphatic heterocycles. The van der Waals surface area contributed by atoms with Crippen molar-refractivity contribution in [1.29, 1.82) is 0 Å². The molecule has 4 nitrogen and oxygen atoms in total. The van der Waals surface area contributed by atoms with Gasteiger partial charge in [-0.3, -0.25) is 4.79 Å². The van der Waals surface area contributed by atoms with E-state index in [1.807, 2.05) is 0 Å². The number of nitrogens with one attached hydrogen (secondary N) is 1. The van der Waals surface area contributed by atoms with Gasteiger partial charge in [-0.2, -0.15) is 0 Å². The largest absolute Gasteiger partial charge is 0.478 e. The fraction of sp³-hybridized carbons (Fsp3) is 0.231. The van der Waals surface area contributed by atoms with Crippen LogP contribution < -0.4 is 5.32 Å². The third-order valence-electron chi connectivity index (χ3n) is 2.50. The van der Waals surface area contributed by atoms with Crippen LogP contribution in [0.15, 0.2) is 36.9 Å². The molecule has 0 saturated carbocycles. The molecule has 4 heteroatoms. The van der Waals surface area contributed by atoms with Crippen LogP contribution in [0.3, 0.4) is 0 Å². The Balaban J connectivity index is 3.00. The Labute approximate surface area is 100.0 Å². The maximum atomic E-state index is 11.9. The normalized spacial score (nSPS) is 10.7. The van der Waals surface area contributed by atoms with Crippen LogP contribution in [0.25, 0.3) is 0 Å². The van der Waals surface area contributed by atoms with Gasteiger partial charge in [0.2, 0.25) is 5.91 Å². The number of benzene rings is 1. The van der Waals surface area contributed by atoms with E-state index in [-0.39, 0.29) is 11.5 Å². The predicted octanol–water partition coefficient (Wildman–Crippen LogP) is 2.54. The second-order valence-electron chi connectivity index (χ2n) is 4.23. The van der Waals surface area contributed by atoms with Crippen LogP contribution in [0, 0.1) is 5.41 Å². The van der Waals surface area contributed by atoms with Gasteiger partial charge in [-0.05, 0) is 26.0 Å². The zero-order valence-electron chi connectivity index (χ0n) is 9.86. The van der Waals surface area contributed by atoms with E-state index in [1.54, 1.807) is 32.0 Å². The van der Waals surface area contributed by atoms with Gasteiger partial charge >= 0.3 is 5.97 Å². The fourth-order valence-electron chi connectivity index (χ4n) is 1.15. The monoisotopic (exact) mass is 233 g/mol. The average molecular weight is 233 g/mol. The number of carbonyl (C=O) groups excluding carboxylic acids is 1. The number of rotatable bonds is 4. The van der Waals surface area contributed by atoms with Crippen molar-refractivity contribution < 1.29 is 14.7 Å². The highest BCUT2D eigenvalue weighted by molar-refractivity contribution is 6.02. The molecule has 1 aromatic rings. The maximum absolute atomic E-state index is 11.9. The SMILES string of the molecule is C=CC(C)(C)C(=O)Nc1ccccc1C(=O)O. The number of carboxylic acid groups (broad SMARTS) is 1. The van der Waals surface area contributed by atoms with E-state index in [0.29, 0.717) is 5.69 Å². The number of hydrogen-bond donors (Lipinski definition) is 2. The van der Waals surface area contributed by atoms with Gasteiger partial charge in [0.1, 0.15) is 0 Å². The van der Waals surface area contributed by atoms with Crippen LogP contribution in [0.1, 0.15) is 24.2 Å². The average Bonchev–Trinajstić information content (AvgIpc) is 2.29. The summed E-state index contributed by atoms with van der Waals surface area (Å²) < 4.78 is 0. The van der Waals surface area contributed by atoms with Crippen LogP contribution >= 0.6 is 0 Å². The quantitative estimate of drug-likeness (QED) is 0.785. The minimum Gasteiger partial charge on any atom is -0.478 e. The topological polar surface area (TPSA) is 66.4 Å². The molecule has 17 heavy (non-hydrogen) atoms. The lowest BCUT2D eigenvalue weighted by atomic mass is 9.92. The van der Waals surface area contributed by atoms with Crippen molar-refractivity contribution in [3.63, 3.8) is 0 Å². The molecule has 0 fully saturated rings. The number of hydrogen-bond acceptors (Lipinski definition) is 2. The highest BCUT2D eigenvalue weighted by Gasteiger charge is 2.24. The number of anilines is 1. The molecular formula is C13H15NO3. The summed E-state index contributed by atoms with van der Waals surface area (Å²) in [6, 6.07) is 6.28. The molecule has 90 valence electrons. The number of carbonyl (C=O) groups is 2. The van der Waals surface area contributed by atoms with Crippen LogP contribution in [-0.2, 0) is 4.79 Å². The third-order valence-corrected chi connectivity index (χ3v) is 2.50. The Hall–Kier alpha value is -2.10. The van der Waals surface area contributed by atoms with E-state index in [4.69, 9.17) is 5.11 Å². The summed E-state index contributed by atoms with van der Waals surface area (Å²) in [4.78, 5) is 22.8. The van der Waals surface area contributed by atoms with Crippen LogP contribution in [0.2, 0.25) is 0 Å². The highest BCUT2D eigenvalue weighted by atomic mass is 16.4. The van der Waals surface area contributed by atoms with Gasteiger partial charge in [0, 0.05) is 0 Å². The van der Waals surface area contributed by atoms with Crippen molar-refractivity contribution >= 4 is 17.6 Å². The molecule has 2 N–H and O–H groups in total. The second-order valence-corrected chi connectivity index (χ2v) is 4.23. The number of carboxylic acids is 1. The molecule has 0 spiro atoms. The Bertz CT molecular complexity index is 463. The number of aromatic carboxylic acids is 1. The van der Waals surface area contributed by atoms with Crippen LogP contribution in [0.5, 0.6) is 0 Å². The Morgan fingerprint density at radius 1 is 1.35 bits per heavy atom. The summed E-state index contributed by atoms with van der Waals surface area (Å²) in [5.41, 5.74) is -0.383. The van der Waals surface area contributed by atoms with Crippen LogP contribution in [0.4, 0.5) is 5.69 Å². The van der Waals surface area contributed by atoms with Crippen molar-refractivity contribution in [3.05, 3.63) is 42.5 Å². The number of para-hydroxylation sites is 1. The summed E-state index contributed by atoms with van der Waals surface area (Å²) in [7, 11) is 0. The summed E-state index contributed by atoms with van der Waals surface area (Å²) in [5, 5.41) is 11.6. The van der Waals surface area contributed by atoms with E-state index >= 15 is 0 Å². The van der Waals surface area contributed by atoms with Crippen molar-refractivity contribution in [3.8, 4) is 0 Å². The van der Waals surface area contributed by atoms with Gasteiger partial charge in [0.05, 0.1) is 16.7 Å². The minimum absolute atomic E-state index is 0.0701. The summed E-state index contributed by atoms with van der Waals surface area (Å²) in [6.45, 7) is 6.99. The van der Waals surface area contributed by atoms with Crippen molar-refractivity contribution in [2.24, 2.45) is 5.41 Å². The van der Waals surface area contributed by atoms with Gasteiger partial charge in [-0.1, -0.05) is 18.2 Å². The minimum atomic E-state index is -1.07. The predicted molar refractivity (Wildman–Crippen MR) is 66.0 cm³/mol. The molecule has 0 bridgehead atoms. The van der Waals surface area contributed by atoms with Crippen molar-refractivity contribution in [1.82, 2.24) is 0 Å². The van der Waals surface area contributed by atoms with Crippen molar-refractivity contribution in [2.45, 2.75) is 13.8 Å². The number of amides is 1. The van der Waals surface area contributed by atoms with E-state index in [2.05, 4.69) is 11.9 Å². The molecule has 0 unspecified atom stereocenters. The summed E-state index contributed by atoms with van der Waals surface area (Å²) in [5.74, 6) is -1.36. The molecule has 0 aliphatic rings. The van der Waals surface area contributed by atoms with E-state index in [1.165, 1.54) is 12.1 Å². The van der Waals surface area contributed by atoms with Crippen LogP contribution in [-0.4, -0.2) is 17.0 Å². The third kappa shape index (κ3) is 2.93. The highest BCUT2D eigenvalue weighted by Crippen LogP contribution is 2.21. The molecule has 1 rings (SSSR count). The molecule has 1 amide bonds. The lowest BCUT2D eigenvalue weighted by molar-refractivity contribution is -0.121. The Morgan fingerprint density at radius 3 is 2.47 bits per heavy atom. The van der Waals surface area contributed by atoms with Crippen molar-refractivity contribution in [2.75, 3.05) is 5.32 Å². The molecule has 0 heterocycles. The first-order chi connectivity index (χ1) is 7.88. The van der Waals surface area contributed by atoms with Gasteiger partial charge < -0.3 is 10.4 Å². The second kappa shape index (κ2) is 4.82. The fourth-order valence-corrected chi connectivity index (χ4v) is 1.15. The lowest BCUT2D eigenvalue weighted by Crippen LogP contribution is -2.29. The molecule has 0 aromatic heterocycles. The van der Waals surface area contributed by atoms with Gasteiger partial charge in [-0.25, -0.2) is 4.79 Å². The van der Waals surface area contributed by atoms with E-state index < -0.39 is 11.4 Å². The zero-order valence-corrected chi connectivity index (χ0v) is 9.86. The lowest BCUT2D eigenvalue weighted by Gasteiger charge is -2.19. The first kappa shape index (κ1) is 13.0. The molecule has 0 aliphatic carbocycles. The molecular weight excluding hydrogens is 218 g/mol. The first-order valence-corrected chi connectivity index (χ1v) is 5.16. The molecule has 0 radical (unpaired) electrons. The first-order valence-electron chi connectivity index (χ1n) is 5.16. The molecule has 0 saturated heterocycles. The Morgan fingerprint density at radius 2 is 1.94 bits per heavy atom. The maximum Gasteiger partial charge on any atom is 0.337 e. The Kier molecular flexibility index (Phi) is 3.68. The molecule has 1 aromatic carbocycles. The van der Waals surface area contributed by atoms with Gasteiger partial charge in [0.15, 0.2) is 0 Å². The van der Waals surface area contributed by atoms with E-state index in [9.17, 15) is 9.59 Å². The molecule has 0 atom stereocenters. The van der Waals surface area contributed by atoms with E-state index in [0.717, 1.165) is 0 Å². The van der Waals surface area contributed by atoms with Gasteiger partial charge in [0.25, 0.3) is 0 Å². The zero-order chi connectivity index (χ0) is 13.1. The standard InChI is InChI=1S/C13H15NO3/c1-4-13(2,3)12(17)14-10-8-6-5-7-9(10)11(15)16/h4-8H,1H2,2-3H3,(H,14,17)(H,15,16).